The van der Waals surface area contributed by atoms with Gasteiger partial charge in [0.2, 0.25) is 5.91 Å². The van der Waals surface area contributed by atoms with Gasteiger partial charge in [0.1, 0.15) is 0 Å². The molecule has 0 rings (SSSR count). The van der Waals surface area contributed by atoms with Crippen molar-refractivity contribution in [3.8, 4) is 0 Å². The van der Waals surface area contributed by atoms with E-state index in [1.54, 1.807) is 6.08 Å². The topological polar surface area (TPSA) is 89.8 Å². The number of unbranched alkanes of at least 4 members (excludes halogenated alkanes) is 30. The second-order valence-electron chi connectivity index (χ2n) is 17.1. The van der Waals surface area contributed by atoms with Gasteiger partial charge in [0, 0.05) is 0 Å². The van der Waals surface area contributed by atoms with E-state index < -0.39 is 18.2 Å². The van der Waals surface area contributed by atoms with Crippen LogP contribution < -0.4 is 5.32 Å². The van der Waals surface area contributed by atoms with Crippen LogP contribution in [0.25, 0.3) is 0 Å². The minimum absolute atomic E-state index is 0.00444. The van der Waals surface area contributed by atoms with Crippen molar-refractivity contribution in [3.63, 3.8) is 0 Å². The van der Waals surface area contributed by atoms with E-state index in [1.807, 2.05) is 6.08 Å². The molecular weight excluding hydrogens is 703 g/mol. The lowest BCUT2D eigenvalue weighted by Crippen LogP contribution is -2.45. The fraction of sp³-hybridized carbons (Fsp3) is 0.827. The lowest BCUT2D eigenvalue weighted by molar-refractivity contribution is -0.124. The Bertz CT molecular complexity index is 927. The highest BCUT2D eigenvalue weighted by Gasteiger charge is 2.20. The summed E-state index contributed by atoms with van der Waals surface area (Å²) in [6.45, 7) is 4.21. The molecule has 5 nitrogen and oxygen atoms in total. The van der Waals surface area contributed by atoms with Crippen molar-refractivity contribution in [1.29, 1.82) is 0 Å². The van der Waals surface area contributed by atoms with Crippen LogP contribution in [0.3, 0.4) is 0 Å². The molecule has 0 heterocycles. The van der Waals surface area contributed by atoms with Crippen molar-refractivity contribution in [2.75, 3.05) is 6.61 Å². The molecule has 4 N–H and O–H groups in total. The van der Waals surface area contributed by atoms with E-state index in [1.165, 1.54) is 173 Å². The summed E-state index contributed by atoms with van der Waals surface area (Å²) in [5.74, 6) is -0.333. The third-order valence-electron chi connectivity index (χ3n) is 11.3. The van der Waals surface area contributed by atoms with Gasteiger partial charge in [-0.2, -0.15) is 0 Å². The Balaban J connectivity index is 3.70. The Morgan fingerprint density at radius 2 is 0.807 bits per heavy atom. The molecule has 0 saturated heterocycles. The fourth-order valence-corrected chi connectivity index (χ4v) is 7.50. The molecule has 0 radical (unpaired) electrons. The Labute approximate surface area is 355 Å². The zero-order chi connectivity index (χ0) is 41.5. The van der Waals surface area contributed by atoms with Crippen molar-refractivity contribution >= 4 is 5.91 Å². The molecule has 334 valence electrons. The highest BCUT2D eigenvalue weighted by molar-refractivity contribution is 5.76. The summed E-state index contributed by atoms with van der Waals surface area (Å²) in [5.41, 5.74) is 0. The van der Waals surface area contributed by atoms with Crippen LogP contribution >= 0.6 is 0 Å². The lowest BCUT2D eigenvalue weighted by Gasteiger charge is -2.20. The van der Waals surface area contributed by atoms with Gasteiger partial charge in [-0.15, -0.1) is 0 Å². The summed E-state index contributed by atoms with van der Waals surface area (Å²) in [7, 11) is 0. The number of amides is 1. The van der Waals surface area contributed by atoms with Gasteiger partial charge in [0.15, 0.2) is 0 Å². The molecule has 0 spiro atoms. The number of carbonyl (C=O) groups is 1. The summed E-state index contributed by atoms with van der Waals surface area (Å²) in [5, 5.41) is 33.3. The maximum atomic E-state index is 12.5. The average molecular weight is 800 g/mol. The Morgan fingerprint density at radius 3 is 1.23 bits per heavy atom. The van der Waals surface area contributed by atoms with E-state index in [4.69, 9.17) is 0 Å². The number of hydrogen-bond acceptors (Lipinski definition) is 4. The van der Waals surface area contributed by atoms with Crippen LogP contribution in [-0.2, 0) is 4.79 Å². The molecule has 3 atom stereocenters. The van der Waals surface area contributed by atoms with Crippen LogP contribution in [0.2, 0.25) is 0 Å². The van der Waals surface area contributed by atoms with Gasteiger partial charge in [-0.05, 0) is 64.2 Å². The van der Waals surface area contributed by atoms with E-state index in [-0.39, 0.29) is 18.9 Å². The van der Waals surface area contributed by atoms with Crippen LogP contribution in [-0.4, -0.2) is 46.1 Å². The standard InChI is InChI=1S/C52H97NO4/c1-3-5-7-9-11-13-15-17-19-21-23-25-27-29-31-33-35-37-39-41-43-45-49(55)47-52(57)53-50(48-54)51(56)46-44-42-40-38-36-34-32-30-28-26-24-22-20-18-16-14-12-10-8-6-4-2/h23,25,29,31,36,38,44,46,49-51,54-56H,3-22,24,26-28,30,32-35,37,39-43,45,47-48H2,1-2H3,(H,53,57)/b25-23-,31-29-,38-36+,46-44+. The van der Waals surface area contributed by atoms with Crippen molar-refractivity contribution in [2.24, 2.45) is 0 Å². The predicted molar refractivity (Wildman–Crippen MR) is 250 cm³/mol. The Kier molecular flexibility index (Phi) is 45.6. The van der Waals surface area contributed by atoms with Gasteiger partial charge in [0.25, 0.3) is 0 Å². The van der Waals surface area contributed by atoms with E-state index in [0.29, 0.717) is 6.42 Å². The second kappa shape index (κ2) is 47.0. The first-order valence-electron chi connectivity index (χ1n) is 24.9. The normalized spacial score (nSPS) is 13.8. The smallest absolute Gasteiger partial charge is 0.222 e. The molecule has 0 aliphatic carbocycles. The van der Waals surface area contributed by atoms with Gasteiger partial charge < -0.3 is 20.6 Å². The van der Waals surface area contributed by atoms with E-state index in [9.17, 15) is 20.1 Å². The summed E-state index contributed by atoms with van der Waals surface area (Å²) >= 11 is 0. The van der Waals surface area contributed by atoms with Gasteiger partial charge >= 0.3 is 0 Å². The van der Waals surface area contributed by atoms with Gasteiger partial charge in [0.05, 0.1) is 31.3 Å². The molecule has 3 unspecified atom stereocenters. The number of hydrogen-bond donors (Lipinski definition) is 4. The van der Waals surface area contributed by atoms with Gasteiger partial charge in [-0.1, -0.05) is 229 Å². The van der Waals surface area contributed by atoms with Crippen molar-refractivity contribution in [1.82, 2.24) is 5.32 Å². The zero-order valence-corrected chi connectivity index (χ0v) is 38.0. The first-order valence-corrected chi connectivity index (χ1v) is 24.9. The summed E-state index contributed by atoms with van der Waals surface area (Å²) in [4.78, 5) is 12.5. The molecule has 0 aromatic carbocycles. The molecule has 0 aromatic heterocycles. The van der Waals surface area contributed by atoms with Crippen LogP contribution in [0.15, 0.2) is 48.6 Å². The number of aliphatic hydroxyl groups is 3. The Morgan fingerprint density at radius 1 is 0.456 bits per heavy atom. The molecule has 1 amide bonds. The fourth-order valence-electron chi connectivity index (χ4n) is 7.50. The number of rotatable bonds is 45. The van der Waals surface area contributed by atoms with E-state index >= 15 is 0 Å². The monoisotopic (exact) mass is 800 g/mol. The first-order chi connectivity index (χ1) is 28.0. The number of aliphatic hydroxyl groups excluding tert-OH is 3. The highest BCUT2D eigenvalue weighted by Crippen LogP contribution is 2.15. The molecule has 5 heteroatoms. The minimum atomic E-state index is -0.957. The number of carbonyl (C=O) groups excluding carboxylic acids is 1. The van der Waals surface area contributed by atoms with Crippen molar-refractivity contribution < 1.29 is 20.1 Å². The molecule has 57 heavy (non-hydrogen) atoms. The maximum absolute atomic E-state index is 12.5. The SMILES string of the molecule is CCCCCCCCCCC/C=C\C/C=C\CCCCCCCC(O)CC(=O)NC(CO)C(O)/C=C/CC/C=C/CCCCCCCCCCCCCCCCC. The van der Waals surface area contributed by atoms with Gasteiger partial charge in [-0.25, -0.2) is 0 Å². The van der Waals surface area contributed by atoms with Crippen LogP contribution in [0, 0.1) is 0 Å². The molecule has 0 aliphatic rings. The van der Waals surface area contributed by atoms with Crippen LogP contribution in [0.5, 0.6) is 0 Å². The van der Waals surface area contributed by atoms with Crippen LogP contribution in [0.4, 0.5) is 0 Å². The molecule has 0 aromatic rings. The van der Waals surface area contributed by atoms with Gasteiger partial charge in [-0.3, -0.25) is 4.79 Å². The average Bonchev–Trinajstić information content (AvgIpc) is 3.20. The third kappa shape index (κ3) is 43.7. The summed E-state index contributed by atoms with van der Waals surface area (Å²) in [6.07, 6.45) is 61.3. The second-order valence-corrected chi connectivity index (χ2v) is 17.1. The van der Waals surface area contributed by atoms with E-state index in [0.717, 1.165) is 51.4 Å². The molecule has 0 fully saturated rings. The third-order valence-corrected chi connectivity index (χ3v) is 11.3. The lowest BCUT2D eigenvalue weighted by atomic mass is 10.0. The molecular formula is C52H97NO4. The molecule has 0 aliphatic heterocycles. The van der Waals surface area contributed by atoms with Crippen molar-refractivity contribution in [2.45, 2.75) is 270 Å². The van der Waals surface area contributed by atoms with Crippen LogP contribution in [0.1, 0.15) is 251 Å². The molecule has 0 bridgehead atoms. The summed E-state index contributed by atoms with van der Waals surface area (Å²) < 4.78 is 0. The maximum Gasteiger partial charge on any atom is 0.222 e. The minimum Gasteiger partial charge on any atom is -0.394 e. The number of nitrogens with one attached hydrogen (secondary N) is 1. The zero-order valence-electron chi connectivity index (χ0n) is 38.0. The predicted octanol–water partition coefficient (Wildman–Crippen LogP) is 14.9. The largest absolute Gasteiger partial charge is 0.394 e. The quantitative estimate of drug-likeness (QED) is 0.0365. The van der Waals surface area contributed by atoms with E-state index in [2.05, 4.69) is 55.6 Å². The highest BCUT2D eigenvalue weighted by atomic mass is 16.3. The first kappa shape index (κ1) is 55.3. The Hall–Kier alpha value is -1.69. The summed E-state index contributed by atoms with van der Waals surface area (Å²) in [6, 6.07) is -0.767. The molecule has 0 saturated carbocycles. The number of allylic oxidation sites excluding steroid dienone is 7. The van der Waals surface area contributed by atoms with Crippen molar-refractivity contribution in [3.05, 3.63) is 48.6 Å².